The number of hydrogen-bond donors (Lipinski definition) is 2. The first-order valence-corrected chi connectivity index (χ1v) is 9.31. The monoisotopic (exact) mass is 376 g/mol. The van der Waals surface area contributed by atoms with E-state index >= 15 is 0 Å². The number of hydrogen-bond acceptors (Lipinski definition) is 3. The number of sulfonamides is 1. The van der Waals surface area contributed by atoms with E-state index in [2.05, 4.69) is 26.0 Å². The molecule has 0 fully saturated rings. The Labute approximate surface area is 134 Å². The second kappa shape index (κ2) is 7.91. The maximum atomic E-state index is 12.2. The summed E-state index contributed by atoms with van der Waals surface area (Å²) in [5, 5.41) is 3.36. The van der Waals surface area contributed by atoms with Gasteiger partial charge in [-0.25, -0.2) is 8.42 Å². The Hall–Kier alpha value is -0.920. The molecule has 1 rings (SSSR count). The number of carbonyl (C=O) groups is 1. The van der Waals surface area contributed by atoms with Crippen LogP contribution in [0.3, 0.4) is 0 Å². The minimum absolute atomic E-state index is 0.149. The normalized spacial score (nSPS) is 13.2. The van der Waals surface area contributed by atoms with Crippen LogP contribution >= 0.6 is 15.9 Å². The highest BCUT2D eigenvalue weighted by molar-refractivity contribution is 9.08. The van der Waals surface area contributed by atoms with Crippen molar-refractivity contribution in [2.24, 2.45) is 5.92 Å². The first-order chi connectivity index (χ1) is 9.76. The van der Waals surface area contributed by atoms with Crippen molar-refractivity contribution in [2.45, 2.75) is 37.0 Å². The number of nitrogens with one attached hydrogen (secondary N) is 2. The predicted molar refractivity (Wildman–Crippen MR) is 86.7 cm³/mol. The first-order valence-electron chi connectivity index (χ1n) is 6.71. The fraction of sp³-hybridized carbons (Fsp3) is 0.500. The summed E-state index contributed by atoms with van der Waals surface area (Å²) in [4.78, 5) is 12.0. The average Bonchev–Trinajstić information content (AvgIpc) is 2.44. The Balaban J connectivity index is 2.72. The minimum Gasteiger partial charge on any atom is -0.354 e. The van der Waals surface area contributed by atoms with E-state index in [4.69, 9.17) is 0 Å². The number of rotatable bonds is 7. The lowest BCUT2D eigenvalue weighted by Gasteiger charge is -2.15. The molecule has 1 atom stereocenters. The number of alkyl halides is 1. The van der Waals surface area contributed by atoms with Crippen LogP contribution in [0.4, 0.5) is 0 Å². The van der Waals surface area contributed by atoms with Crippen LogP contribution in [0.15, 0.2) is 29.2 Å². The van der Waals surface area contributed by atoms with Crippen LogP contribution in [0.25, 0.3) is 0 Å². The molecule has 0 aliphatic rings. The average molecular weight is 377 g/mol. The summed E-state index contributed by atoms with van der Waals surface area (Å²) in [5.41, 5.74) is 0.983. The van der Waals surface area contributed by atoms with Crippen molar-refractivity contribution in [1.29, 1.82) is 0 Å². The van der Waals surface area contributed by atoms with Crippen LogP contribution in [0.1, 0.15) is 26.3 Å². The molecule has 0 bridgehead atoms. The predicted octanol–water partition coefficient (Wildman–Crippen LogP) is 2.02. The SMILES string of the molecule is CC(C)CNC(=O)C(C)NS(=O)(=O)c1ccc(CBr)cc1. The van der Waals surface area contributed by atoms with Crippen LogP contribution in [0, 0.1) is 5.92 Å². The molecule has 1 amide bonds. The minimum atomic E-state index is -3.69. The highest BCUT2D eigenvalue weighted by Gasteiger charge is 2.21. The summed E-state index contributed by atoms with van der Waals surface area (Å²) in [6.07, 6.45) is 0. The highest BCUT2D eigenvalue weighted by Crippen LogP contribution is 2.13. The van der Waals surface area contributed by atoms with Gasteiger partial charge in [0, 0.05) is 11.9 Å². The van der Waals surface area contributed by atoms with Crippen LogP contribution in [-0.4, -0.2) is 26.9 Å². The molecule has 1 unspecified atom stereocenters. The van der Waals surface area contributed by atoms with Gasteiger partial charge >= 0.3 is 0 Å². The van der Waals surface area contributed by atoms with Gasteiger partial charge in [0.1, 0.15) is 0 Å². The highest BCUT2D eigenvalue weighted by atomic mass is 79.9. The second-order valence-electron chi connectivity index (χ2n) is 5.26. The first kappa shape index (κ1) is 18.1. The van der Waals surface area contributed by atoms with Gasteiger partial charge in [-0.3, -0.25) is 4.79 Å². The lowest BCUT2D eigenvalue weighted by atomic mass is 10.2. The van der Waals surface area contributed by atoms with Crippen LogP contribution in [0.5, 0.6) is 0 Å². The van der Waals surface area contributed by atoms with Gasteiger partial charge in [-0.1, -0.05) is 41.9 Å². The molecule has 1 aromatic rings. The van der Waals surface area contributed by atoms with Gasteiger partial charge in [-0.05, 0) is 30.5 Å². The van der Waals surface area contributed by atoms with Crippen LogP contribution in [0.2, 0.25) is 0 Å². The lowest BCUT2D eigenvalue weighted by Crippen LogP contribution is -2.45. The van der Waals surface area contributed by atoms with Gasteiger partial charge < -0.3 is 5.32 Å². The quantitative estimate of drug-likeness (QED) is 0.714. The van der Waals surface area contributed by atoms with E-state index in [1.54, 1.807) is 12.1 Å². The summed E-state index contributed by atoms with van der Waals surface area (Å²) >= 11 is 3.30. The third-order valence-electron chi connectivity index (χ3n) is 2.80. The van der Waals surface area contributed by atoms with Gasteiger partial charge in [0.05, 0.1) is 10.9 Å². The molecule has 0 aromatic heterocycles. The van der Waals surface area contributed by atoms with Crippen LogP contribution < -0.4 is 10.0 Å². The van der Waals surface area contributed by atoms with Crippen molar-refractivity contribution < 1.29 is 13.2 Å². The molecule has 7 heteroatoms. The van der Waals surface area contributed by atoms with E-state index < -0.39 is 16.1 Å². The zero-order chi connectivity index (χ0) is 16.0. The molecule has 5 nitrogen and oxygen atoms in total. The third kappa shape index (κ3) is 5.76. The van der Waals surface area contributed by atoms with E-state index in [9.17, 15) is 13.2 Å². The summed E-state index contributed by atoms with van der Waals surface area (Å²) in [7, 11) is -3.69. The van der Waals surface area contributed by atoms with E-state index in [1.807, 2.05) is 13.8 Å². The molecule has 0 aliphatic heterocycles. The summed E-state index contributed by atoms with van der Waals surface area (Å²) in [6.45, 7) is 5.99. The topological polar surface area (TPSA) is 75.3 Å². The molecule has 0 spiro atoms. The second-order valence-corrected chi connectivity index (χ2v) is 7.53. The van der Waals surface area contributed by atoms with Gasteiger partial charge in [0.2, 0.25) is 15.9 Å². The lowest BCUT2D eigenvalue weighted by molar-refractivity contribution is -0.122. The summed E-state index contributed by atoms with van der Waals surface area (Å²) < 4.78 is 26.7. The molecular weight excluding hydrogens is 356 g/mol. The van der Waals surface area contributed by atoms with Crippen molar-refractivity contribution in [3.63, 3.8) is 0 Å². The Kier molecular flexibility index (Phi) is 6.83. The fourth-order valence-electron chi connectivity index (χ4n) is 1.57. The molecule has 2 N–H and O–H groups in total. The van der Waals surface area contributed by atoms with Crippen molar-refractivity contribution >= 4 is 31.9 Å². The Morgan fingerprint density at radius 3 is 2.24 bits per heavy atom. The van der Waals surface area contributed by atoms with E-state index in [0.29, 0.717) is 17.8 Å². The maximum absolute atomic E-state index is 12.2. The van der Waals surface area contributed by atoms with Gasteiger partial charge in [0.25, 0.3) is 0 Å². The van der Waals surface area contributed by atoms with E-state index in [1.165, 1.54) is 19.1 Å². The fourth-order valence-corrected chi connectivity index (χ4v) is 3.15. The molecule has 21 heavy (non-hydrogen) atoms. The van der Waals surface area contributed by atoms with E-state index in [0.717, 1.165) is 5.56 Å². The Morgan fingerprint density at radius 1 is 1.19 bits per heavy atom. The molecule has 0 radical (unpaired) electrons. The standard InChI is InChI=1S/C14H21BrN2O3S/c1-10(2)9-16-14(18)11(3)17-21(19,20)13-6-4-12(8-15)5-7-13/h4-7,10-11,17H,8-9H2,1-3H3,(H,16,18). The van der Waals surface area contributed by atoms with E-state index in [-0.39, 0.29) is 10.8 Å². The third-order valence-corrected chi connectivity index (χ3v) is 5.00. The van der Waals surface area contributed by atoms with Gasteiger partial charge in [0.15, 0.2) is 0 Å². The number of amides is 1. The molecule has 1 aromatic carbocycles. The largest absolute Gasteiger partial charge is 0.354 e. The molecule has 0 saturated carbocycles. The van der Waals surface area contributed by atoms with Gasteiger partial charge in [-0.2, -0.15) is 4.72 Å². The van der Waals surface area contributed by atoms with Crippen molar-refractivity contribution in [1.82, 2.24) is 10.0 Å². The molecule has 0 saturated heterocycles. The Bertz CT molecular complexity index is 570. The van der Waals surface area contributed by atoms with Crippen molar-refractivity contribution in [3.05, 3.63) is 29.8 Å². The molecule has 118 valence electrons. The Morgan fingerprint density at radius 2 is 1.76 bits per heavy atom. The zero-order valence-electron chi connectivity index (χ0n) is 12.4. The zero-order valence-corrected chi connectivity index (χ0v) is 14.8. The maximum Gasteiger partial charge on any atom is 0.241 e. The summed E-state index contributed by atoms with van der Waals surface area (Å²) in [6, 6.07) is 5.69. The van der Waals surface area contributed by atoms with Crippen molar-refractivity contribution in [3.8, 4) is 0 Å². The molecule has 0 heterocycles. The number of halogens is 1. The van der Waals surface area contributed by atoms with Crippen molar-refractivity contribution in [2.75, 3.05) is 6.54 Å². The molecular formula is C14H21BrN2O3S. The number of benzene rings is 1. The van der Waals surface area contributed by atoms with Gasteiger partial charge in [-0.15, -0.1) is 0 Å². The number of carbonyl (C=O) groups excluding carboxylic acids is 1. The smallest absolute Gasteiger partial charge is 0.241 e. The van der Waals surface area contributed by atoms with Crippen LogP contribution in [-0.2, 0) is 20.1 Å². The summed E-state index contributed by atoms with van der Waals surface area (Å²) in [5.74, 6) is -0.0149. The molecule has 0 aliphatic carbocycles.